The van der Waals surface area contributed by atoms with E-state index in [0.29, 0.717) is 18.7 Å². The molecule has 0 fully saturated rings. The van der Waals surface area contributed by atoms with Gasteiger partial charge in [0.15, 0.2) is 0 Å². The van der Waals surface area contributed by atoms with Gasteiger partial charge in [-0.15, -0.1) is 0 Å². The van der Waals surface area contributed by atoms with Crippen LogP contribution in [0.15, 0.2) is 17.1 Å². The number of isocyanates is 1. The predicted molar refractivity (Wildman–Crippen MR) is 53.4 cm³/mol. The highest BCUT2D eigenvalue weighted by atomic mass is 16.5. The molecule has 5 nitrogen and oxygen atoms in total. The maximum absolute atomic E-state index is 11.2. The van der Waals surface area contributed by atoms with Gasteiger partial charge in [-0.2, -0.15) is 0 Å². The second-order valence-corrected chi connectivity index (χ2v) is 2.98. The van der Waals surface area contributed by atoms with Crippen LogP contribution in [0.4, 0.5) is 0 Å². The fourth-order valence-electron chi connectivity index (χ4n) is 1.33. The van der Waals surface area contributed by atoms with Crippen LogP contribution in [0.2, 0.25) is 0 Å². The van der Waals surface area contributed by atoms with E-state index in [9.17, 15) is 9.59 Å². The monoisotopic (exact) mass is 208 g/mol. The van der Waals surface area contributed by atoms with Gasteiger partial charge in [-0.1, -0.05) is 0 Å². The van der Waals surface area contributed by atoms with Gasteiger partial charge in [-0.05, 0) is 12.1 Å². The molecule has 15 heavy (non-hydrogen) atoms. The summed E-state index contributed by atoms with van der Waals surface area (Å²) >= 11 is 0. The summed E-state index contributed by atoms with van der Waals surface area (Å²) in [7, 11) is 3.11. The molecule has 0 radical (unpaired) electrons. The third kappa shape index (κ3) is 2.54. The predicted octanol–water partition coefficient (Wildman–Crippen LogP) is 0.690. The molecule has 0 atom stereocenters. The van der Waals surface area contributed by atoms with Crippen LogP contribution in [0.5, 0.6) is 0 Å². The van der Waals surface area contributed by atoms with Gasteiger partial charge in [-0.3, -0.25) is 0 Å². The summed E-state index contributed by atoms with van der Waals surface area (Å²) in [6, 6.07) is 3.50. The van der Waals surface area contributed by atoms with E-state index in [4.69, 9.17) is 0 Å². The van der Waals surface area contributed by atoms with Crippen molar-refractivity contribution in [2.45, 2.75) is 6.42 Å². The van der Waals surface area contributed by atoms with E-state index >= 15 is 0 Å². The average molecular weight is 208 g/mol. The van der Waals surface area contributed by atoms with Crippen LogP contribution >= 0.6 is 0 Å². The second kappa shape index (κ2) is 5.12. The third-order valence-corrected chi connectivity index (χ3v) is 2.16. The smallest absolute Gasteiger partial charge is 0.354 e. The Morgan fingerprint density at radius 3 is 2.93 bits per heavy atom. The van der Waals surface area contributed by atoms with E-state index in [0.717, 1.165) is 5.69 Å². The molecule has 1 aromatic rings. The van der Waals surface area contributed by atoms with Gasteiger partial charge in [0, 0.05) is 19.2 Å². The number of methoxy groups -OCH3 is 1. The lowest BCUT2D eigenvalue weighted by Gasteiger charge is -2.04. The van der Waals surface area contributed by atoms with Gasteiger partial charge in [0.05, 0.1) is 13.7 Å². The number of hydrogen-bond acceptors (Lipinski definition) is 4. The van der Waals surface area contributed by atoms with Gasteiger partial charge >= 0.3 is 5.97 Å². The Morgan fingerprint density at radius 1 is 1.60 bits per heavy atom. The highest BCUT2D eigenvalue weighted by Crippen LogP contribution is 2.09. The molecule has 0 unspecified atom stereocenters. The molecule has 0 aliphatic rings. The highest BCUT2D eigenvalue weighted by molar-refractivity contribution is 5.87. The summed E-state index contributed by atoms with van der Waals surface area (Å²) in [6.07, 6.45) is 2.07. The Kier molecular flexibility index (Phi) is 3.83. The number of hydrogen-bond donors (Lipinski definition) is 0. The van der Waals surface area contributed by atoms with Crippen LogP contribution in [0.3, 0.4) is 0 Å². The number of aliphatic imine (C=N–C) groups is 1. The summed E-state index contributed by atoms with van der Waals surface area (Å²) in [5, 5.41) is 0. The molecule has 0 aliphatic carbocycles. The van der Waals surface area contributed by atoms with Crippen molar-refractivity contribution in [2.24, 2.45) is 12.0 Å². The normalized spacial score (nSPS) is 9.47. The highest BCUT2D eigenvalue weighted by Gasteiger charge is 2.11. The minimum atomic E-state index is -0.373. The van der Waals surface area contributed by atoms with Crippen molar-refractivity contribution in [2.75, 3.05) is 13.7 Å². The minimum absolute atomic E-state index is 0.373. The largest absolute Gasteiger partial charge is 0.464 e. The summed E-state index contributed by atoms with van der Waals surface area (Å²) in [6.45, 7) is 0.377. The topological polar surface area (TPSA) is 60.7 Å². The van der Waals surface area contributed by atoms with E-state index in [1.807, 2.05) is 6.07 Å². The summed E-state index contributed by atoms with van der Waals surface area (Å²) < 4.78 is 6.34. The summed E-state index contributed by atoms with van der Waals surface area (Å²) in [5.41, 5.74) is 1.41. The van der Waals surface area contributed by atoms with Gasteiger partial charge < -0.3 is 9.30 Å². The lowest BCUT2D eigenvalue weighted by atomic mass is 10.3. The lowest BCUT2D eigenvalue weighted by molar-refractivity contribution is 0.0589. The molecule has 5 heteroatoms. The van der Waals surface area contributed by atoms with Gasteiger partial charge in [0.25, 0.3) is 0 Å². The molecular formula is C10H12N2O3. The SMILES string of the molecule is COC(=O)c1ccc(CCN=C=O)n1C. The van der Waals surface area contributed by atoms with Crippen LogP contribution in [0, 0.1) is 0 Å². The Labute approximate surface area is 87.4 Å². The zero-order chi connectivity index (χ0) is 11.3. The van der Waals surface area contributed by atoms with E-state index < -0.39 is 0 Å². The number of carbonyl (C=O) groups excluding carboxylic acids is 2. The fraction of sp³-hybridized carbons (Fsp3) is 0.400. The van der Waals surface area contributed by atoms with Crippen LogP contribution in [0.1, 0.15) is 16.2 Å². The van der Waals surface area contributed by atoms with Gasteiger partial charge in [0.2, 0.25) is 6.08 Å². The molecule has 0 saturated carbocycles. The zero-order valence-corrected chi connectivity index (χ0v) is 8.69. The first kappa shape index (κ1) is 11.2. The molecule has 1 rings (SSSR count). The maximum Gasteiger partial charge on any atom is 0.354 e. The van der Waals surface area contributed by atoms with Crippen LogP contribution in [0.25, 0.3) is 0 Å². The molecule has 0 spiro atoms. The van der Waals surface area contributed by atoms with E-state index in [-0.39, 0.29) is 5.97 Å². The number of nitrogens with zero attached hydrogens (tertiary/aromatic N) is 2. The first-order valence-corrected chi connectivity index (χ1v) is 4.47. The Bertz CT molecular complexity index is 403. The Hall–Kier alpha value is -1.87. The summed E-state index contributed by atoms with van der Waals surface area (Å²) in [5.74, 6) is -0.373. The lowest BCUT2D eigenvalue weighted by Crippen LogP contribution is -2.09. The molecule has 1 heterocycles. The molecule has 0 aliphatic heterocycles. The number of esters is 1. The van der Waals surface area contributed by atoms with Crippen LogP contribution < -0.4 is 0 Å². The number of rotatable bonds is 4. The third-order valence-electron chi connectivity index (χ3n) is 2.16. The molecule has 0 bridgehead atoms. The van der Waals surface area contributed by atoms with E-state index in [1.165, 1.54) is 13.2 Å². The number of carbonyl (C=O) groups is 1. The van der Waals surface area contributed by atoms with Crippen LogP contribution in [-0.4, -0.2) is 30.3 Å². The first-order chi connectivity index (χ1) is 7.20. The minimum Gasteiger partial charge on any atom is -0.464 e. The Balaban J connectivity index is 2.79. The molecule has 0 N–H and O–H groups in total. The maximum atomic E-state index is 11.2. The fourth-order valence-corrected chi connectivity index (χ4v) is 1.33. The van der Waals surface area contributed by atoms with Crippen molar-refractivity contribution >= 4 is 12.0 Å². The molecule has 1 aromatic heterocycles. The zero-order valence-electron chi connectivity index (χ0n) is 8.69. The molecule has 0 aromatic carbocycles. The van der Waals surface area contributed by atoms with Crippen molar-refractivity contribution < 1.29 is 14.3 Å². The second-order valence-electron chi connectivity index (χ2n) is 2.98. The average Bonchev–Trinajstić information content (AvgIpc) is 2.60. The van der Waals surface area contributed by atoms with Crippen molar-refractivity contribution in [3.05, 3.63) is 23.5 Å². The van der Waals surface area contributed by atoms with Crippen LogP contribution in [-0.2, 0) is 23.0 Å². The Morgan fingerprint density at radius 2 is 2.33 bits per heavy atom. The molecule has 0 amide bonds. The number of ether oxygens (including phenoxy) is 1. The number of aromatic nitrogens is 1. The van der Waals surface area contributed by atoms with Crippen molar-refractivity contribution in [1.82, 2.24) is 4.57 Å². The molecule has 0 saturated heterocycles. The first-order valence-electron chi connectivity index (χ1n) is 4.47. The molecular weight excluding hydrogens is 196 g/mol. The molecule has 80 valence electrons. The van der Waals surface area contributed by atoms with Crippen molar-refractivity contribution in [3.8, 4) is 0 Å². The van der Waals surface area contributed by atoms with E-state index in [1.54, 1.807) is 17.7 Å². The van der Waals surface area contributed by atoms with Crippen molar-refractivity contribution in [3.63, 3.8) is 0 Å². The quantitative estimate of drug-likeness (QED) is 0.415. The van der Waals surface area contributed by atoms with Crippen molar-refractivity contribution in [1.29, 1.82) is 0 Å². The van der Waals surface area contributed by atoms with Gasteiger partial charge in [-0.25, -0.2) is 14.6 Å². The van der Waals surface area contributed by atoms with E-state index in [2.05, 4.69) is 9.73 Å². The standard InChI is InChI=1S/C10H12N2O3/c1-12-8(5-6-11-7-13)3-4-9(12)10(14)15-2/h3-4H,5-6H2,1-2H3. The van der Waals surface area contributed by atoms with Gasteiger partial charge in [0.1, 0.15) is 5.69 Å². The summed E-state index contributed by atoms with van der Waals surface area (Å²) in [4.78, 5) is 24.6.